The first-order valence-electron chi connectivity index (χ1n) is 13.5. The number of aromatic nitrogens is 1. The molecule has 3 N–H and O–H groups in total. The molecule has 5 rings (SSSR count). The molecule has 4 nitrogen and oxygen atoms in total. The van der Waals surface area contributed by atoms with Crippen molar-refractivity contribution in [3.8, 4) is 0 Å². The molecule has 0 radical (unpaired) electrons. The molecule has 2 aromatic rings. The molecule has 1 aromatic carbocycles. The minimum Gasteiger partial charge on any atom is -0.366 e. The monoisotopic (exact) mass is 493 g/mol. The summed E-state index contributed by atoms with van der Waals surface area (Å²) in [5.41, 5.74) is 13.0. The van der Waals surface area contributed by atoms with Gasteiger partial charge < -0.3 is 11.1 Å². The van der Waals surface area contributed by atoms with Crippen molar-refractivity contribution in [1.29, 1.82) is 0 Å². The molecule has 2 unspecified atom stereocenters. The Morgan fingerprint density at radius 2 is 1.92 bits per heavy atom. The predicted octanol–water partition coefficient (Wildman–Crippen LogP) is 5.72. The summed E-state index contributed by atoms with van der Waals surface area (Å²) in [4.78, 5) is 17.7. The Balaban J connectivity index is 1.49. The summed E-state index contributed by atoms with van der Waals surface area (Å²) in [6, 6.07) is 9.87. The first kappa shape index (κ1) is 25.1. The van der Waals surface area contributed by atoms with Gasteiger partial charge in [-0.25, -0.2) is 8.78 Å². The van der Waals surface area contributed by atoms with Crippen molar-refractivity contribution < 1.29 is 13.6 Å². The van der Waals surface area contributed by atoms with E-state index >= 15 is 0 Å². The lowest BCUT2D eigenvalue weighted by Crippen LogP contribution is -2.34. The molecule has 0 aliphatic heterocycles. The van der Waals surface area contributed by atoms with Gasteiger partial charge in [0.1, 0.15) is 13.3 Å². The highest BCUT2D eigenvalue weighted by Crippen LogP contribution is 2.51. The fraction of sp³-hybridized carbons (Fsp3) is 0.533. The maximum absolute atomic E-state index is 12.9. The number of nitrogens with one attached hydrogen (secondary N) is 1. The molecule has 1 amide bonds. The van der Waals surface area contributed by atoms with Crippen LogP contribution in [-0.2, 0) is 11.2 Å². The molecular weight excluding hydrogens is 456 g/mol. The number of nitrogens with two attached hydrogens (primary N) is 1. The number of nitrogens with zero attached hydrogens (tertiary/aromatic N) is 1. The number of benzene rings is 1. The topological polar surface area (TPSA) is 68.0 Å². The van der Waals surface area contributed by atoms with Crippen LogP contribution in [0.1, 0.15) is 85.2 Å². The van der Waals surface area contributed by atoms with Gasteiger partial charge in [-0.2, -0.15) is 0 Å². The van der Waals surface area contributed by atoms with E-state index in [2.05, 4.69) is 30.4 Å². The summed E-state index contributed by atoms with van der Waals surface area (Å²) in [7, 11) is 0. The van der Waals surface area contributed by atoms with Crippen LogP contribution in [0.25, 0.3) is 11.1 Å². The number of alkyl halides is 2. The van der Waals surface area contributed by atoms with Gasteiger partial charge in [0, 0.05) is 6.20 Å². The van der Waals surface area contributed by atoms with Crippen LogP contribution in [0.2, 0.25) is 0 Å². The lowest BCUT2D eigenvalue weighted by molar-refractivity contribution is -0.112. The standard InChI is InChI=1S/C30H37F2N3O/c1-18-25(21-3-2-4-21)14-27(28-10-5-19(17-35-28)11-12-34-23(15-31)16-32)29(30(33)36)24-9-8-22(13-26(18)24)20-6-7-20/h5,8-10,13,17-18,20-21,23,25,34H,2-4,6-7,11-12,14-16H2,1H3,(H2,33,36). The molecule has 1 heterocycles. The number of carbonyl (C=O) groups excluding carboxylic acids is 1. The van der Waals surface area contributed by atoms with E-state index in [1.54, 1.807) is 0 Å². The van der Waals surface area contributed by atoms with Gasteiger partial charge in [-0.1, -0.05) is 50.5 Å². The molecule has 2 atom stereocenters. The molecular formula is C30H37F2N3O. The second kappa shape index (κ2) is 10.8. The Morgan fingerprint density at radius 1 is 1.14 bits per heavy atom. The van der Waals surface area contributed by atoms with E-state index < -0.39 is 25.3 Å². The number of primary amides is 1. The van der Waals surface area contributed by atoms with Crippen molar-refractivity contribution in [2.24, 2.45) is 17.6 Å². The summed E-state index contributed by atoms with van der Waals surface area (Å²) in [6.07, 6.45) is 9.48. The Morgan fingerprint density at radius 3 is 2.50 bits per heavy atom. The highest BCUT2D eigenvalue weighted by Gasteiger charge is 2.38. The maximum Gasteiger partial charge on any atom is 0.249 e. The second-order valence-electron chi connectivity index (χ2n) is 10.9. The summed E-state index contributed by atoms with van der Waals surface area (Å²) in [6.45, 7) is 1.36. The highest BCUT2D eigenvalue weighted by molar-refractivity contribution is 6.26. The van der Waals surface area contributed by atoms with Crippen LogP contribution in [-0.4, -0.2) is 36.8 Å². The molecule has 2 fully saturated rings. The number of carbonyl (C=O) groups is 1. The molecule has 3 aliphatic rings. The van der Waals surface area contributed by atoms with Gasteiger partial charge in [-0.05, 0) is 89.8 Å². The molecule has 36 heavy (non-hydrogen) atoms. The molecule has 0 spiro atoms. The number of pyridine rings is 1. The van der Waals surface area contributed by atoms with Crippen molar-refractivity contribution in [2.75, 3.05) is 19.9 Å². The fourth-order valence-electron chi connectivity index (χ4n) is 6.04. The number of fused-ring (bicyclic) bond motifs is 1. The van der Waals surface area contributed by atoms with Crippen LogP contribution in [0.5, 0.6) is 0 Å². The quantitative estimate of drug-likeness (QED) is 0.445. The summed E-state index contributed by atoms with van der Waals surface area (Å²) in [5.74, 6) is 1.71. The van der Waals surface area contributed by atoms with E-state index in [1.807, 2.05) is 18.3 Å². The highest BCUT2D eigenvalue weighted by atomic mass is 19.1. The van der Waals surface area contributed by atoms with E-state index in [9.17, 15) is 13.6 Å². The van der Waals surface area contributed by atoms with Crippen LogP contribution in [0.3, 0.4) is 0 Å². The molecule has 2 saturated carbocycles. The van der Waals surface area contributed by atoms with Gasteiger partial charge in [0.2, 0.25) is 5.91 Å². The fourth-order valence-corrected chi connectivity index (χ4v) is 6.04. The normalized spacial score (nSPS) is 22.3. The summed E-state index contributed by atoms with van der Waals surface area (Å²) >= 11 is 0. The van der Waals surface area contributed by atoms with Crippen molar-refractivity contribution >= 4 is 17.1 Å². The zero-order valence-electron chi connectivity index (χ0n) is 21.1. The van der Waals surface area contributed by atoms with Gasteiger partial charge in [0.15, 0.2) is 0 Å². The van der Waals surface area contributed by atoms with Gasteiger partial charge in [0.05, 0.1) is 17.3 Å². The first-order valence-corrected chi connectivity index (χ1v) is 13.5. The third-order valence-corrected chi connectivity index (χ3v) is 8.62. The van der Waals surface area contributed by atoms with E-state index in [1.165, 1.54) is 43.2 Å². The number of hydrogen-bond donors (Lipinski definition) is 2. The van der Waals surface area contributed by atoms with Crippen LogP contribution in [0.15, 0.2) is 36.5 Å². The Labute approximate surface area is 212 Å². The molecule has 0 bridgehead atoms. The smallest absolute Gasteiger partial charge is 0.249 e. The molecule has 192 valence electrons. The summed E-state index contributed by atoms with van der Waals surface area (Å²) < 4.78 is 25.5. The SMILES string of the molecule is CC1c2cc(C3CC3)ccc2C(C(N)=O)=C(c2ccc(CCNC(CF)CF)cn2)CC1C1CCC1. The summed E-state index contributed by atoms with van der Waals surface area (Å²) in [5, 5.41) is 2.89. The van der Waals surface area contributed by atoms with Crippen molar-refractivity contribution in [3.05, 3.63) is 64.5 Å². The predicted molar refractivity (Wildman–Crippen MR) is 140 cm³/mol. The van der Waals surface area contributed by atoms with E-state index in [0.29, 0.717) is 42.2 Å². The van der Waals surface area contributed by atoms with Crippen LogP contribution < -0.4 is 11.1 Å². The zero-order chi connectivity index (χ0) is 25.2. The average Bonchev–Trinajstić information content (AvgIpc) is 3.70. The largest absolute Gasteiger partial charge is 0.366 e. The van der Waals surface area contributed by atoms with Gasteiger partial charge in [-0.15, -0.1) is 0 Å². The minimum absolute atomic E-state index is 0.347. The Bertz CT molecular complexity index is 1120. The Hall–Kier alpha value is -2.60. The number of allylic oxidation sites excluding steroid dienone is 1. The van der Waals surface area contributed by atoms with E-state index in [4.69, 9.17) is 10.7 Å². The molecule has 1 aromatic heterocycles. The second-order valence-corrected chi connectivity index (χ2v) is 10.9. The third kappa shape index (κ3) is 5.10. The van der Waals surface area contributed by atoms with Crippen molar-refractivity contribution in [1.82, 2.24) is 10.3 Å². The van der Waals surface area contributed by atoms with Gasteiger partial charge in [-0.3, -0.25) is 9.78 Å². The van der Waals surface area contributed by atoms with E-state index in [0.717, 1.165) is 28.8 Å². The molecule has 3 aliphatic carbocycles. The van der Waals surface area contributed by atoms with Crippen LogP contribution >= 0.6 is 0 Å². The average molecular weight is 494 g/mol. The van der Waals surface area contributed by atoms with Crippen molar-refractivity contribution in [2.45, 2.75) is 69.7 Å². The number of amides is 1. The Kier molecular flexibility index (Phi) is 7.52. The van der Waals surface area contributed by atoms with Crippen LogP contribution in [0.4, 0.5) is 8.78 Å². The zero-order valence-corrected chi connectivity index (χ0v) is 21.1. The lowest BCUT2D eigenvalue weighted by atomic mass is 9.67. The van der Waals surface area contributed by atoms with Gasteiger partial charge in [0.25, 0.3) is 0 Å². The number of halogens is 2. The number of hydrogen-bond acceptors (Lipinski definition) is 3. The first-order chi connectivity index (χ1) is 17.5. The van der Waals surface area contributed by atoms with Gasteiger partial charge >= 0.3 is 0 Å². The van der Waals surface area contributed by atoms with E-state index in [-0.39, 0.29) is 0 Å². The molecule has 0 saturated heterocycles. The van der Waals surface area contributed by atoms with Crippen LogP contribution in [0, 0.1) is 11.8 Å². The maximum atomic E-state index is 12.9. The van der Waals surface area contributed by atoms with Crippen molar-refractivity contribution in [3.63, 3.8) is 0 Å². The number of rotatable bonds is 10. The molecule has 6 heteroatoms. The lowest BCUT2D eigenvalue weighted by Gasteiger charge is -2.37. The third-order valence-electron chi connectivity index (χ3n) is 8.62. The minimum atomic E-state index is -0.752.